The van der Waals surface area contributed by atoms with E-state index in [1.807, 2.05) is 0 Å². The SMILES string of the molecule is Cc1cc(C)cc(NC(N)=NCC2CCOC3(CCC3)C2)c1. The van der Waals surface area contributed by atoms with Gasteiger partial charge in [0.1, 0.15) is 0 Å². The van der Waals surface area contributed by atoms with E-state index in [9.17, 15) is 0 Å². The summed E-state index contributed by atoms with van der Waals surface area (Å²) in [5.74, 6) is 1.12. The average molecular weight is 301 g/mol. The smallest absolute Gasteiger partial charge is 0.193 e. The van der Waals surface area contributed by atoms with Gasteiger partial charge in [-0.3, -0.25) is 4.99 Å². The third kappa shape index (κ3) is 3.61. The maximum Gasteiger partial charge on any atom is 0.193 e. The lowest BCUT2D eigenvalue weighted by Crippen LogP contribution is -2.46. The molecule has 1 saturated heterocycles. The predicted octanol–water partition coefficient (Wildman–Crippen LogP) is 3.38. The second-order valence-corrected chi connectivity index (χ2v) is 6.97. The molecule has 1 heterocycles. The quantitative estimate of drug-likeness (QED) is 0.664. The van der Waals surface area contributed by atoms with E-state index in [0.717, 1.165) is 31.7 Å². The number of nitrogens with zero attached hydrogens (tertiary/aromatic N) is 1. The summed E-state index contributed by atoms with van der Waals surface area (Å²) in [4.78, 5) is 4.55. The Hall–Kier alpha value is -1.55. The summed E-state index contributed by atoms with van der Waals surface area (Å²) in [7, 11) is 0. The molecule has 1 unspecified atom stereocenters. The first kappa shape index (κ1) is 15.3. The van der Waals surface area contributed by atoms with E-state index in [1.165, 1.54) is 30.4 Å². The van der Waals surface area contributed by atoms with E-state index in [1.54, 1.807) is 0 Å². The fourth-order valence-electron chi connectivity index (χ4n) is 3.67. The lowest BCUT2D eigenvalue weighted by atomic mass is 9.72. The highest BCUT2D eigenvalue weighted by atomic mass is 16.5. The van der Waals surface area contributed by atoms with E-state index in [2.05, 4.69) is 42.4 Å². The van der Waals surface area contributed by atoms with Crippen molar-refractivity contribution in [3.05, 3.63) is 29.3 Å². The highest BCUT2D eigenvalue weighted by Gasteiger charge is 2.42. The lowest BCUT2D eigenvalue weighted by Gasteiger charge is -2.47. The van der Waals surface area contributed by atoms with Gasteiger partial charge in [-0.05, 0) is 75.1 Å². The number of anilines is 1. The monoisotopic (exact) mass is 301 g/mol. The molecular weight excluding hydrogens is 274 g/mol. The Balaban J connectivity index is 1.55. The Kier molecular flexibility index (Phi) is 4.39. The van der Waals surface area contributed by atoms with Gasteiger partial charge in [-0.1, -0.05) is 6.07 Å². The second kappa shape index (κ2) is 6.29. The topological polar surface area (TPSA) is 59.6 Å². The summed E-state index contributed by atoms with van der Waals surface area (Å²) < 4.78 is 5.97. The first-order valence-corrected chi connectivity index (χ1v) is 8.34. The molecule has 1 aliphatic carbocycles. The van der Waals surface area contributed by atoms with Crippen molar-refractivity contribution in [3.8, 4) is 0 Å². The standard InChI is InChI=1S/C18H27N3O/c1-13-8-14(2)10-16(9-13)21-17(19)20-12-15-4-7-22-18(11-15)5-3-6-18/h8-10,15H,3-7,11-12H2,1-2H3,(H3,19,20,21). The Bertz CT molecular complexity index is 543. The molecule has 2 fully saturated rings. The Morgan fingerprint density at radius 1 is 1.32 bits per heavy atom. The van der Waals surface area contributed by atoms with Gasteiger partial charge in [0.25, 0.3) is 0 Å². The molecule has 1 aliphatic heterocycles. The van der Waals surface area contributed by atoms with Crippen LogP contribution in [0.3, 0.4) is 0 Å². The maximum absolute atomic E-state index is 6.04. The number of ether oxygens (including phenoxy) is 1. The fraction of sp³-hybridized carbons (Fsp3) is 0.611. The molecule has 1 saturated carbocycles. The average Bonchev–Trinajstić information content (AvgIpc) is 2.43. The van der Waals surface area contributed by atoms with Crippen LogP contribution in [0.5, 0.6) is 0 Å². The van der Waals surface area contributed by atoms with Crippen LogP contribution in [0.4, 0.5) is 5.69 Å². The molecular formula is C18H27N3O. The number of hydrogen-bond donors (Lipinski definition) is 2. The van der Waals surface area contributed by atoms with E-state index in [4.69, 9.17) is 10.5 Å². The van der Waals surface area contributed by atoms with E-state index in [0.29, 0.717) is 11.9 Å². The molecule has 2 aliphatic rings. The van der Waals surface area contributed by atoms with Crippen LogP contribution in [0.25, 0.3) is 0 Å². The summed E-state index contributed by atoms with van der Waals surface area (Å²) in [6.45, 7) is 5.86. The molecule has 1 aromatic carbocycles. The molecule has 3 rings (SSSR count). The molecule has 120 valence electrons. The van der Waals surface area contributed by atoms with Gasteiger partial charge in [-0.2, -0.15) is 0 Å². The molecule has 1 spiro atoms. The van der Waals surface area contributed by atoms with Gasteiger partial charge in [-0.25, -0.2) is 0 Å². The normalized spacial score (nSPS) is 24.1. The Morgan fingerprint density at radius 2 is 2.05 bits per heavy atom. The lowest BCUT2D eigenvalue weighted by molar-refractivity contribution is -0.141. The number of aliphatic imine (C=N–C) groups is 1. The number of nitrogens with one attached hydrogen (secondary N) is 1. The second-order valence-electron chi connectivity index (χ2n) is 6.97. The van der Waals surface area contributed by atoms with Gasteiger partial charge in [0.05, 0.1) is 5.60 Å². The largest absolute Gasteiger partial charge is 0.375 e. The number of guanidine groups is 1. The Labute approximate surface area is 133 Å². The third-order valence-electron chi connectivity index (χ3n) is 4.87. The van der Waals surface area contributed by atoms with Crippen molar-refractivity contribution in [1.82, 2.24) is 0 Å². The molecule has 0 amide bonds. The molecule has 22 heavy (non-hydrogen) atoms. The van der Waals surface area contributed by atoms with Crippen molar-refractivity contribution in [2.45, 2.75) is 51.6 Å². The predicted molar refractivity (Wildman–Crippen MR) is 91.3 cm³/mol. The van der Waals surface area contributed by atoms with Gasteiger partial charge in [0.15, 0.2) is 5.96 Å². The minimum Gasteiger partial charge on any atom is -0.375 e. The van der Waals surface area contributed by atoms with Crippen LogP contribution in [0, 0.1) is 19.8 Å². The van der Waals surface area contributed by atoms with Crippen LogP contribution in [0.2, 0.25) is 0 Å². The van der Waals surface area contributed by atoms with E-state index in [-0.39, 0.29) is 5.60 Å². The van der Waals surface area contributed by atoms with Crippen molar-refractivity contribution < 1.29 is 4.74 Å². The summed E-state index contributed by atoms with van der Waals surface area (Å²) in [5.41, 5.74) is 9.71. The van der Waals surface area contributed by atoms with Crippen molar-refractivity contribution in [3.63, 3.8) is 0 Å². The third-order valence-corrected chi connectivity index (χ3v) is 4.87. The van der Waals surface area contributed by atoms with Crippen molar-refractivity contribution >= 4 is 11.6 Å². The minimum absolute atomic E-state index is 0.189. The molecule has 3 N–H and O–H groups in total. The zero-order valence-corrected chi connectivity index (χ0v) is 13.7. The highest BCUT2D eigenvalue weighted by Crippen LogP contribution is 2.44. The van der Waals surface area contributed by atoms with E-state index < -0.39 is 0 Å². The first-order valence-electron chi connectivity index (χ1n) is 8.34. The van der Waals surface area contributed by atoms with Crippen molar-refractivity contribution in [1.29, 1.82) is 0 Å². The van der Waals surface area contributed by atoms with Gasteiger partial charge in [-0.15, -0.1) is 0 Å². The zero-order valence-electron chi connectivity index (χ0n) is 13.7. The summed E-state index contributed by atoms with van der Waals surface area (Å²) in [5, 5.41) is 3.21. The molecule has 1 atom stereocenters. The van der Waals surface area contributed by atoms with Crippen molar-refractivity contribution in [2.24, 2.45) is 16.6 Å². The van der Waals surface area contributed by atoms with Crippen LogP contribution in [-0.4, -0.2) is 24.7 Å². The summed E-state index contributed by atoms with van der Waals surface area (Å²) in [6, 6.07) is 6.33. The molecule has 0 bridgehead atoms. The number of rotatable bonds is 3. The summed E-state index contributed by atoms with van der Waals surface area (Å²) >= 11 is 0. The van der Waals surface area contributed by atoms with Crippen molar-refractivity contribution in [2.75, 3.05) is 18.5 Å². The molecule has 0 aromatic heterocycles. The van der Waals surface area contributed by atoms with Crippen LogP contribution < -0.4 is 11.1 Å². The summed E-state index contributed by atoms with van der Waals surface area (Å²) in [6.07, 6.45) is 6.01. The van der Waals surface area contributed by atoms with Gasteiger partial charge >= 0.3 is 0 Å². The molecule has 0 radical (unpaired) electrons. The number of aryl methyl sites for hydroxylation is 2. The van der Waals surface area contributed by atoms with Gasteiger partial charge < -0.3 is 15.8 Å². The minimum atomic E-state index is 0.189. The zero-order chi connectivity index (χ0) is 15.6. The fourth-order valence-corrected chi connectivity index (χ4v) is 3.67. The Morgan fingerprint density at radius 3 is 2.68 bits per heavy atom. The van der Waals surface area contributed by atoms with Crippen LogP contribution in [0.15, 0.2) is 23.2 Å². The number of benzene rings is 1. The number of nitrogens with two attached hydrogens (primary N) is 1. The molecule has 4 heteroatoms. The highest BCUT2D eigenvalue weighted by molar-refractivity contribution is 5.92. The first-order chi connectivity index (χ1) is 10.5. The van der Waals surface area contributed by atoms with Crippen LogP contribution in [0.1, 0.15) is 43.2 Å². The van der Waals surface area contributed by atoms with Crippen LogP contribution >= 0.6 is 0 Å². The van der Waals surface area contributed by atoms with E-state index >= 15 is 0 Å². The van der Waals surface area contributed by atoms with Crippen LogP contribution in [-0.2, 0) is 4.74 Å². The van der Waals surface area contributed by atoms with Gasteiger partial charge in [0, 0.05) is 18.8 Å². The molecule has 1 aromatic rings. The number of hydrogen-bond acceptors (Lipinski definition) is 2. The van der Waals surface area contributed by atoms with Gasteiger partial charge in [0.2, 0.25) is 0 Å². The molecule has 4 nitrogen and oxygen atoms in total. The maximum atomic E-state index is 6.04.